The van der Waals surface area contributed by atoms with Gasteiger partial charge in [-0.3, -0.25) is 4.79 Å². The molecule has 1 aliphatic heterocycles. The Balaban J connectivity index is 2.70. The van der Waals surface area contributed by atoms with Crippen LogP contribution in [0.5, 0.6) is 0 Å². The summed E-state index contributed by atoms with van der Waals surface area (Å²) in [7, 11) is 1.63. The standard InChI is InChI=1S/C12H22O3/c1-4-12(5-2,14-3)11(13)10-7-6-8-15-9-10/h10H,4-9H2,1-3H3. The van der Waals surface area contributed by atoms with Crippen molar-refractivity contribution in [2.75, 3.05) is 20.3 Å². The molecule has 1 heterocycles. The fraction of sp³-hybridized carbons (Fsp3) is 0.917. The minimum Gasteiger partial charge on any atom is -0.381 e. The van der Waals surface area contributed by atoms with Crippen LogP contribution in [0.4, 0.5) is 0 Å². The molecule has 0 saturated carbocycles. The molecule has 0 aromatic heterocycles. The maximum absolute atomic E-state index is 12.3. The van der Waals surface area contributed by atoms with E-state index >= 15 is 0 Å². The van der Waals surface area contributed by atoms with Crippen molar-refractivity contribution in [1.29, 1.82) is 0 Å². The highest BCUT2D eigenvalue weighted by Gasteiger charge is 2.39. The number of Topliss-reactive ketones (excluding diaryl/α,β-unsaturated/α-hetero) is 1. The first kappa shape index (κ1) is 12.7. The van der Waals surface area contributed by atoms with Crippen molar-refractivity contribution < 1.29 is 14.3 Å². The molecule has 1 rings (SSSR count). The molecular formula is C12H22O3. The average Bonchev–Trinajstić information content (AvgIpc) is 2.33. The predicted octanol–water partition coefficient (Wildman–Crippen LogP) is 2.19. The normalized spacial score (nSPS) is 22.7. The van der Waals surface area contributed by atoms with Crippen LogP contribution in [-0.2, 0) is 14.3 Å². The Bertz CT molecular complexity index is 195. The molecule has 15 heavy (non-hydrogen) atoms. The van der Waals surface area contributed by atoms with E-state index in [1.54, 1.807) is 7.11 Å². The summed E-state index contributed by atoms with van der Waals surface area (Å²) in [5, 5.41) is 0. The molecule has 1 saturated heterocycles. The maximum Gasteiger partial charge on any atom is 0.169 e. The summed E-state index contributed by atoms with van der Waals surface area (Å²) in [4.78, 5) is 12.3. The largest absolute Gasteiger partial charge is 0.381 e. The molecule has 3 nitrogen and oxygen atoms in total. The highest BCUT2D eigenvalue weighted by molar-refractivity contribution is 5.89. The summed E-state index contributed by atoms with van der Waals surface area (Å²) in [6, 6.07) is 0. The van der Waals surface area contributed by atoms with Crippen molar-refractivity contribution >= 4 is 5.78 Å². The van der Waals surface area contributed by atoms with Gasteiger partial charge in [-0.2, -0.15) is 0 Å². The second kappa shape index (κ2) is 5.61. The second-order valence-corrected chi connectivity index (χ2v) is 4.18. The summed E-state index contributed by atoms with van der Waals surface area (Å²) >= 11 is 0. The highest BCUT2D eigenvalue weighted by Crippen LogP contribution is 2.28. The van der Waals surface area contributed by atoms with Crippen molar-refractivity contribution in [2.45, 2.75) is 45.1 Å². The summed E-state index contributed by atoms with van der Waals surface area (Å²) < 4.78 is 10.8. The average molecular weight is 214 g/mol. The molecule has 3 heteroatoms. The molecule has 1 atom stereocenters. The quantitative estimate of drug-likeness (QED) is 0.703. The molecule has 1 fully saturated rings. The molecule has 0 amide bonds. The Labute approximate surface area is 92.1 Å². The summed E-state index contributed by atoms with van der Waals surface area (Å²) in [5.41, 5.74) is -0.578. The molecule has 0 spiro atoms. The Morgan fingerprint density at radius 3 is 2.53 bits per heavy atom. The van der Waals surface area contributed by atoms with Crippen LogP contribution < -0.4 is 0 Å². The molecule has 0 aliphatic carbocycles. The van der Waals surface area contributed by atoms with Crippen molar-refractivity contribution in [1.82, 2.24) is 0 Å². The number of methoxy groups -OCH3 is 1. The van der Waals surface area contributed by atoms with Crippen molar-refractivity contribution in [3.05, 3.63) is 0 Å². The first-order valence-electron chi connectivity index (χ1n) is 5.87. The SMILES string of the molecule is CCC(CC)(OC)C(=O)C1CCCOC1. The Hall–Kier alpha value is -0.410. The first-order chi connectivity index (χ1) is 7.20. The number of hydrogen-bond donors (Lipinski definition) is 0. The van der Waals surface area contributed by atoms with Crippen LogP contribution in [0.15, 0.2) is 0 Å². The van der Waals surface area contributed by atoms with Crippen LogP contribution in [0.1, 0.15) is 39.5 Å². The van der Waals surface area contributed by atoms with Crippen LogP contribution in [0.3, 0.4) is 0 Å². The van der Waals surface area contributed by atoms with E-state index in [-0.39, 0.29) is 11.7 Å². The number of ether oxygens (including phenoxy) is 2. The fourth-order valence-electron chi connectivity index (χ4n) is 2.31. The van der Waals surface area contributed by atoms with E-state index in [0.717, 1.165) is 32.3 Å². The topological polar surface area (TPSA) is 35.5 Å². The molecule has 0 bridgehead atoms. The van der Waals surface area contributed by atoms with Crippen LogP contribution in [-0.4, -0.2) is 31.7 Å². The van der Waals surface area contributed by atoms with Gasteiger partial charge in [0.2, 0.25) is 0 Å². The molecule has 0 aromatic rings. The zero-order valence-corrected chi connectivity index (χ0v) is 10.0. The van der Waals surface area contributed by atoms with Gasteiger partial charge in [-0.15, -0.1) is 0 Å². The zero-order chi connectivity index (χ0) is 11.3. The van der Waals surface area contributed by atoms with Gasteiger partial charge >= 0.3 is 0 Å². The maximum atomic E-state index is 12.3. The third-order valence-corrected chi connectivity index (χ3v) is 3.51. The third-order valence-electron chi connectivity index (χ3n) is 3.51. The smallest absolute Gasteiger partial charge is 0.169 e. The Morgan fingerprint density at radius 1 is 1.47 bits per heavy atom. The van der Waals surface area contributed by atoms with Gasteiger partial charge in [0.05, 0.1) is 6.61 Å². The number of carbonyl (C=O) groups is 1. The van der Waals surface area contributed by atoms with Crippen LogP contribution in [0.2, 0.25) is 0 Å². The number of rotatable bonds is 5. The fourth-order valence-corrected chi connectivity index (χ4v) is 2.31. The van der Waals surface area contributed by atoms with E-state index in [9.17, 15) is 4.79 Å². The lowest BCUT2D eigenvalue weighted by Gasteiger charge is -2.33. The molecule has 1 unspecified atom stereocenters. The molecule has 0 aromatic carbocycles. The molecule has 1 aliphatic rings. The molecule has 88 valence electrons. The van der Waals surface area contributed by atoms with Crippen LogP contribution in [0, 0.1) is 5.92 Å². The van der Waals surface area contributed by atoms with Gasteiger partial charge < -0.3 is 9.47 Å². The van der Waals surface area contributed by atoms with E-state index < -0.39 is 5.60 Å². The number of hydrogen-bond acceptors (Lipinski definition) is 3. The monoisotopic (exact) mass is 214 g/mol. The minimum atomic E-state index is -0.578. The van der Waals surface area contributed by atoms with Gasteiger partial charge in [0.25, 0.3) is 0 Å². The lowest BCUT2D eigenvalue weighted by atomic mass is 9.82. The van der Waals surface area contributed by atoms with E-state index in [1.807, 2.05) is 13.8 Å². The third kappa shape index (κ3) is 2.58. The zero-order valence-electron chi connectivity index (χ0n) is 10.0. The van der Waals surface area contributed by atoms with Gasteiger partial charge in [0.1, 0.15) is 5.60 Å². The van der Waals surface area contributed by atoms with Crippen LogP contribution >= 0.6 is 0 Å². The lowest BCUT2D eigenvalue weighted by Crippen LogP contribution is -2.45. The van der Waals surface area contributed by atoms with Crippen molar-refractivity contribution in [3.8, 4) is 0 Å². The molecule has 0 N–H and O–H groups in total. The summed E-state index contributed by atoms with van der Waals surface area (Å²) in [6.07, 6.45) is 3.43. The van der Waals surface area contributed by atoms with Gasteiger partial charge in [0, 0.05) is 19.6 Å². The number of carbonyl (C=O) groups excluding carboxylic acids is 1. The van der Waals surface area contributed by atoms with E-state index in [2.05, 4.69) is 0 Å². The van der Waals surface area contributed by atoms with E-state index in [1.165, 1.54) is 0 Å². The van der Waals surface area contributed by atoms with Crippen molar-refractivity contribution in [2.24, 2.45) is 5.92 Å². The summed E-state index contributed by atoms with van der Waals surface area (Å²) in [5.74, 6) is 0.272. The first-order valence-corrected chi connectivity index (χ1v) is 5.87. The predicted molar refractivity (Wildman–Crippen MR) is 58.9 cm³/mol. The summed E-state index contributed by atoms with van der Waals surface area (Å²) in [6.45, 7) is 5.38. The van der Waals surface area contributed by atoms with E-state index in [4.69, 9.17) is 9.47 Å². The van der Waals surface area contributed by atoms with Gasteiger partial charge in [-0.25, -0.2) is 0 Å². The minimum absolute atomic E-state index is 0.0404. The van der Waals surface area contributed by atoms with Crippen molar-refractivity contribution in [3.63, 3.8) is 0 Å². The van der Waals surface area contributed by atoms with Crippen LogP contribution in [0.25, 0.3) is 0 Å². The van der Waals surface area contributed by atoms with Gasteiger partial charge in [0.15, 0.2) is 5.78 Å². The van der Waals surface area contributed by atoms with Gasteiger partial charge in [-0.1, -0.05) is 13.8 Å². The molecular weight excluding hydrogens is 192 g/mol. The van der Waals surface area contributed by atoms with Gasteiger partial charge in [-0.05, 0) is 25.7 Å². The highest BCUT2D eigenvalue weighted by atomic mass is 16.5. The Kier molecular flexibility index (Phi) is 4.74. The lowest BCUT2D eigenvalue weighted by molar-refractivity contribution is -0.150. The second-order valence-electron chi connectivity index (χ2n) is 4.18. The van der Waals surface area contributed by atoms with E-state index in [0.29, 0.717) is 6.61 Å². The molecule has 0 radical (unpaired) electrons. The Morgan fingerprint density at radius 2 is 2.13 bits per heavy atom. The number of ketones is 1.